The summed E-state index contributed by atoms with van der Waals surface area (Å²) in [6.07, 6.45) is 1.13. The lowest BCUT2D eigenvalue weighted by molar-refractivity contribution is -0.119. The number of amides is 1. The Morgan fingerprint density at radius 3 is 2.33 bits per heavy atom. The summed E-state index contributed by atoms with van der Waals surface area (Å²) in [6.45, 7) is 7.00. The van der Waals surface area contributed by atoms with E-state index in [1.54, 1.807) is 0 Å². The van der Waals surface area contributed by atoms with Crippen LogP contribution in [0.15, 0.2) is 24.3 Å². The normalized spacial score (nSPS) is 14.0. The molecular weight excluding hydrogens is 224 g/mol. The second-order valence-electron chi connectivity index (χ2n) is 4.88. The van der Waals surface area contributed by atoms with E-state index in [4.69, 9.17) is 0 Å². The summed E-state index contributed by atoms with van der Waals surface area (Å²) in [5.74, 6) is 0.600. The van der Waals surface area contributed by atoms with E-state index in [1.807, 2.05) is 26.1 Å². The van der Waals surface area contributed by atoms with Crippen molar-refractivity contribution < 1.29 is 4.79 Å². The lowest BCUT2D eigenvalue weighted by atomic mass is 9.98. The van der Waals surface area contributed by atoms with Gasteiger partial charge in [-0.25, -0.2) is 0 Å². The Morgan fingerprint density at radius 2 is 1.83 bits per heavy atom. The highest BCUT2D eigenvalue weighted by Crippen LogP contribution is 2.20. The first-order valence-electron chi connectivity index (χ1n) is 6.63. The van der Waals surface area contributed by atoms with Crippen LogP contribution in [0.5, 0.6) is 0 Å². The molecule has 0 radical (unpaired) electrons. The van der Waals surface area contributed by atoms with Gasteiger partial charge in [-0.3, -0.25) is 4.79 Å². The number of benzene rings is 1. The van der Waals surface area contributed by atoms with Crippen molar-refractivity contribution in [1.82, 2.24) is 5.32 Å². The topological polar surface area (TPSA) is 41.1 Å². The average Bonchev–Trinajstić information content (AvgIpc) is 2.39. The Labute approximate surface area is 110 Å². The minimum absolute atomic E-state index is 0.0239. The van der Waals surface area contributed by atoms with Gasteiger partial charge in [0.05, 0.1) is 0 Å². The molecule has 3 nitrogen and oxygen atoms in total. The lowest BCUT2D eigenvalue weighted by Crippen LogP contribution is -2.28. The number of rotatable bonds is 6. The van der Waals surface area contributed by atoms with Crippen molar-refractivity contribution >= 4 is 11.6 Å². The van der Waals surface area contributed by atoms with Gasteiger partial charge in [-0.1, -0.05) is 32.9 Å². The summed E-state index contributed by atoms with van der Waals surface area (Å²) in [7, 11) is 1.85. The van der Waals surface area contributed by atoms with Crippen molar-refractivity contribution in [2.45, 2.75) is 33.1 Å². The molecule has 1 amide bonds. The predicted molar refractivity (Wildman–Crippen MR) is 76.9 cm³/mol. The third-order valence-electron chi connectivity index (χ3n) is 3.32. The molecule has 0 fully saturated rings. The number of anilines is 1. The summed E-state index contributed by atoms with van der Waals surface area (Å²) in [6, 6.07) is 8.13. The van der Waals surface area contributed by atoms with Gasteiger partial charge >= 0.3 is 0 Å². The Balaban J connectivity index is 2.61. The fourth-order valence-corrected chi connectivity index (χ4v) is 1.80. The van der Waals surface area contributed by atoms with Crippen LogP contribution in [0.3, 0.4) is 0 Å². The zero-order valence-electron chi connectivity index (χ0n) is 11.8. The van der Waals surface area contributed by atoms with E-state index in [1.165, 1.54) is 5.56 Å². The van der Waals surface area contributed by atoms with Gasteiger partial charge < -0.3 is 10.6 Å². The van der Waals surface area contributed by atoms with E-state index in [-0.39, 0.29) is 11.8 Å². The highest BCUT2D eigenvalue weighted by molar-refractivity contribution is 5.92. The van der Waals surface area contributed by atoms with Crippen LogP contribution in [0, 0.1) is 5.92 Å². The van der Waals surface area contributed by atoms with Crippen molar-refractivity contribution in [1.29, 1.82) is 0 Å². The fraction of sp³-hybridized carbons (Fsp3) is 0.533. The standard InChI is InChI=1S/C15H24N2O/c1-5-11(2)13-6-8-14(9-7-13)17-15(18)12(3)10-16-4/h6-9,11-12,16H,5,10H2,1-4H3,(H,17,18). The average molecular weight is 248 g/mol. The molecule has 100 valence electrons. The molecule has 0 aliphatic heterocycles. The van der Waals surface area contributed by atoms with E-state index in [0.717, 1.165) is 12.1 Å². The van der Waals surface area contributed by atoms with Crippen LogP contribution in [0.2, 0.25) is 0 Å². The number of carbonyl (C=O) groups excluding carboxylic acids is 1. The molecule has 2 N–H and O–H groups in total. The summed E-state index contributed by atoms with van der Waals surface area (Å²) >= 11 is 0. The number of hydrogen-bond acceptors (Lipinski definition) is 2. The smallest absolute Gasteiger partial charge is 0.228 e. The first kappa shape index (κ1) is 14.7. The first-order chi connectivity index (χ1) is 8.58. The minimum atomic E-state index is -0.0239. The van der Waals surface area contributed by atoms with E-state index in [9.17, 15) is 4.79 Å². The maximum Gasteiger partial charge on any atom is 0.228 e. The van der Waals surface area contributed by atoms with E-state index < -0.39 is 0 Å². The van der Waals surface area contributed by atoms with Crippen molar-refractivity contribution in [2.75, 3.05) is 18.9 Å². The molecule has 0 saturated carbocycles. The zero-order valence-corrected chi connectivity index (χ0v) is 11.8. The van der Waals surface area contributed by atoms with Gasteiger partial charge in [0.25, 0.3) is 0 Å². The Hall–Kier alpha value is -1.35. The Kier molecular flexibility index (Phi) is 5.86. The molecule has 1 aromatic carbocycles. The van der Waals surface area contributed by atoms with Crippen molar-refractivity contribution in [3.8, 4) is 0 Å². The molecule has 1 rings (SSSR count). The Morgan fingerprint density at radius 1 is 1.22 bits per heavy atom. The van der Waals surface area contributed by atoms with Crippen LogP contribution in [-0.4, -0.2) is 19.5 Å². The van der Waals surface area contributed by atoms with Crippen molar-refractivity contribution in [2.24, 2.45) is 5.92 Å². The number of hydrogen-bond donors (Lipinski definition) is 2. The van der Waals surface area contributed by atoms with Crippen LogP contribution >= 0.6 is 0 Å². The van der Waals surface area contributed by atoms with Crippen LogP contribution in [0.4, 0.5) is 5.69 Å². The number of nitrogens with one attached hydrogen (secondary N) is 2. The molecule has 0 heterocycles. The SMILES string of the molecule is CCC(C)c1ccc(NC(=O)C(C)CNC)cc1. The summed E-state index contributed by atoms with van der Waals surface area (Å²) in [4.78, 5) is 11.8. The second kappa shape index (κ2) is 7.17. The first-order valence-corrected chi connectivity index (χ1v) is 6.63. The third kappa shape index (κ3) is 4.15. The van der Waals surface area contributed by atoms with Gasteiger partial charge in [-0.15, -0.1) is 0 Å². The van der Waals surface area contributed by atoms with E-state index >= 15 is 0 Å². The molecule has 1 aromatic rings. The maximum absolute atomic E-state index is 11.8. The summed E-state index contributed by atoms with van der Waals surface area (Å²) in [5, 5.41) is 5.94. The van der Waals surface area contributed by atoms with Crippen LogP contribution < -0.4 is 10.6 Å². The lowest BCUT2D eigenvalue weighted by Gasteiger charge is -2.13. The maximum atomic E-state index is 11.8. The molecule has 0 aromatic heterocycles. The quantitative estimate of drug-likeness (QED) is 0.812. The molecule has 0 aliphatic rings. The molecule has 3 heteroatoms. The van der Waals surface area contributed by atoms with Crippen molar-refractivity contribution in [3.05, 3.63) is 29.8 Å². The predicted octanol–water partition coefficient (Wildman–Crippen LogP) is 2.99. The molecule has 0 bridgehead atoms. The molecule has 2 atom stereocenters. The molecule has 2 unspecified atom stereocenters. The van der Waals surface area contributed by atoms with Crippen molar-refractivity contribution in [3.63, 3.8) is 0 Å². The van der Waals surface area contributed by atoms with Gasteiger partial charge in [0.15, 0.2) is 0 Å². The fourth-order valence-electron chi connectivity index (χ4n) is 1.80. The van der Waals surface area contributed by atoms with Gasteiger partial charge in [-0.2, -0.15) is 0 Å². The van der Waals surface area contributed by atoms with Crippen LogP contribution in [0.25, 0.3) is 0 Å². The monoisotopic (exact) mass is 248 g/mol. The minimum Gasteiger partial charge on any atom is -0.326 e. The Bertz CT molecular complexity index is 373. The molecular formula is C15H24N2O. The molecule has 0 aliphatic carbocycles. The van der Waals surface area contributed by atoms with E-state index in [0.29, 0.717) is 12.5 Å². The second-order valence-corrected chi connectivity index (χ2v) is 4.88. The summed E-state index contributed by atoms with van der Waals surface area (Å²) < 4.78 is 0. The van der Waals surface area contributed by atoms with Gasteiger partial charge in [-0.05, 0) is 37.1 Å². The zero-order chi connectivity index (χ0) is 13.5. The highest BCUT2D eigenvalue weighted by atomic mass is 16.1. The largest absolute Gasteiger partial charge is 0.326 e. The molecule has 18 heavy (non-hydrogen) atoms. The molecule has 0 saturated heterocycles. The van der Waals surface area contributed by atoms with E-state index in [2.05, 4.69) is 36.6 Å². The van der Waals surface area contributed by atoms with Crippen LogP contribution in [0.1, 0.15) is 38.7 Å². The van der Waals surface area contributed by atoms with Crippen LogP contribution in [-0.2, 0) is 4.79 Å². The summed E-state index contributed by atoms with van der Waals surface area (Å²) in [5.41, 5.74) is 2.19. The van der Waals surface area contributed by atoms with Gasteiger partial charge in [0, 0.05) is 18.2 Å². The third-order valence-corrected chi connectivity index (χ3v) is 3.32. The van der Waals surface area contributed by atoms with Gasteiger partial charge in [0.1, 0.15) is 0 Å². The highest BCUT2D eigenvalue weighted by Gasteiger charge is 2.11. The molecule has 0 spiro atoms. The number of carbonyl (C=O) groups is 1. The van der Waals surface area contributed by atoms with Gasteiger partial charge in [0.2, 0.25) is 5.91 Å².